The van der Waals surface area contributed by atoms with E-state index in [1.165, 1.54) is 18.4 Å². The minimum Gasteiger partial charge on any atom is -0.493 e. The van der Waals surface area contributed by atoms with Gasteiger partial charge in [0.2, 0.25) is 0 Å². The van der Waals surface area contributed by atoms with Gasteiger partial charge < -0.3 is 18.6 Å². The number of carbonyl (C=O) groups excluding carboxylic acids is 1. The van der Waals surface area contributed by atoms with Crippen molar-refractivity contribution in [3.63, 3.8) is 0 Å². The summed E-state index contributed by atoms with van der Waals surface area (Å²) in [7, 11) is 3.28. The molecular formula is C29H37NO5. The highest BCUT2D eigenvalue weighted by molar-refractivity contribution is 5.75. The van der Waals surface area contributed by atoms with Crippen molar-refractivity contribution < 1.29 is 23.4 Å². The number of ether oxygens (including phenoxy) is 3. The molecule has 0 bridgehead atoms. The predicted octanol–water partition coefficient (Wildman–Crippen LogP) is 5.61. The van der Waals surface area contributed by atoms with Crippen LogP contribution in [-0.4, -0.2) is 37.7 Å². The topological polar surface area (TPSA) is 61.1 Å². The summed E-state index contributed by atoms with van der Waals surface area (Å²) in [5.74, 6) is 2.81. The number of hydrogen-bond acceptors (Lipinski definition) is 6. The zero-order valence-electron chi connectivity index (χ0n) is 21.1. The van der Waals surface area contributed by atoms with E-state index in [-0.39, 0.29) is 29.3 Å². The molecule has 3 aliphatic rings. The van der Waals surface area contributed by atoms with Gasteiger partial charge in [-0.1, -0.05) is 25.1 Å². The van der Waals surface area contributed by atoms with Crippen LogP contribution in [0.5, 0.6) is 11.5 Å². The maximum Gasteiger partial charge on any atom is 0.310 e. The standard InChI is InChI=1S/C29H37NO5/c1-19-7-5-11-29(2)15-27-22(14-24(19)29)23(28(31)35-27)18-30(17-21-8-6-12-34-21)16-20-9-10-25(32-3)26(13-20)33-4/h6,8-10,12-13,22-24,27H,1,5,7,11,14-18H2,2-4H3/t22-,23-,24-,27+,29+/m0/s1. The Labute approximate surface area is 208 Å². The summed E-state index contributed by atoms with van der Waals surface area (Å²) in [5.41, 5.74) is 2.67. The smallest absolute Gasteiger partial charge is 0.310 e. The number of rotatable bonds is 8. The molecule has 0 N–H and O–H groups in total. The molecule has 5 atom stereocenters. The first-order valence-electron chi connectivity index (χ1n) is 12.7. The van der Waals surface area contributed by atoms with Crippen molar-refractivity contribution >= 4 is 5.97 Å². The van der Waals surface area contributed by atoms with E-state index in [1.54, 1.807) is 20.5 Å². The zero-order valence-corrected chi connectivity index (χ0v) is 21.1. The van der Waals surface area contributed by atoms with Crippen molar-refractivity contribution in [3.8, 4) is 11.5 Å². The Morgan fingerprint density at radius 3 is 2.74 bits per heavy atom. The van der Waals surface area contributed by atoms with Gasteiger partial charge in [-0.3, -0.25) is 9.69 Å². The third-order valence-electron chi connectivity index (χ3n) is 8.59. The number of esters is 1. The van der Waals surface area contributed by atoms with Gasteiger partial charge in [-0.05, 0) is 73.3 Å². The Kier molecular flexibility index (Phi) is 6.67. The first-order chi connectivity index (χ1) is 16.9. The molecular weight excluding hydrogens is 442 g/mol. The number of fused-ring (bicyclic) bond motifs is 2. The first-order valence-corrected chi connectivity index (χ1v) is 12.7. The lowest BCUT2D eigenvalue weighted by atomic mass is 9.55. The molecule has 0 unspecified atom stereocenters. The van der Waals surface area contributed by atoms with Crippen LogP contribution in [0, 0.1) is 23.2 Å². The third kappa shape index (κ3) is 4.73. The largest absolute Gasteiger partial charge is 0.493 e. The van der Waals surface area contributed by atoms with Crippen LogP contribution < -0.4 is 9.47 Å². The van der Waals surface area contributed by atoms with E-state index >= 15 is 0 Å². The van der Waals surface area contributed by atoms with E-state index in [4.69, 9.17) is 18.6 Å². The second-order valence-corrected chi connectivity index (χ2v) is 10.8. The summed E-state index contributed by atoms with van der Waals surface area (Å²) < 4.78 is 22.6. The van der Waals surface area contributed by atoms with Crippen LogP contribution in [0.25, 0.3) is 0 Å². The van der Waals surface area contributed by atoms with Gasteiger partial charge in [-0.25, -0.2) is 0 Å². The molecule has 1 aromatic heterocycles. The van der Waals surface area contributed by atoms with Crippen molar-refractivity contribution in [2.24, 2.45) is 23.2 Å². The minimum atomic E-state index is -0.144. The Morgan fingerprint density at radius 1 is 1.17 bits per heavy atom. The van der Waals surface area contributed by atoms with Gasteiger partial charge in [-0.2, -0.15) is 0 Å². The van der Waals surface area contributed by atoms with Crippen LogP contribution in [0.4, 0.5) is 0 Å². The summed E-state index contributed by atoms with van der Waals surface area (Å²) in [6, 6.07) is 9.86. The second-order valence-electron chi connectivity index (χ2n) is 10.8. The fourth-order valence-electron chi connectivity index (χ4n) is 6.79. The van der Waals surface area contributed by atoms with Gasteiger partial charge in [0.25, 0.3) is 0 Å². The van der Waals surface area contributed by atoms with Crippen LogP contribution in [0.15, 0.2) is 53.2 Å². The maximum absolute atomic E-state index is 13.2. The Balaban J connectivity index is 1.37. The van der Waals surface area contributed by atoms with Crippen molar-refractivity contribution in [1.29, 1.82) is 0 Å². The first kappa shape index (κ1) is 24.0. The van der Waals surface area contributed by atoms with Gasteiger partial charge in [-0.15, -0.1) is 0 Å². The molecule has 6 heteroatoms. The Hall–Kier alpha value is -2.73. The average Bonchev–Trinajstić information content (AvgIpc) is 3.45. The molecule has 1 saturated heterocycles. The summed E-state index contributed by atoms with van der Waals surface area (Å²) >= 11 is 0. The summed E-state index contributed by atoms with van der Waals surface area (Å²) in [6.45, 7) is 8.72. The molecule has 1 aromatic carbocycles. The Bertz CT molecular complexity index is 1060. The van der Waals surface area contributed by atoms with Crippen molar-refractivity contribution in [2.45, 2.75) is 58.2 Å². The lowest BCUT2D eigenvalue weighted by Crippen LogP contribution is -2.45. The maximum atomic E-state index is 13.2. The predicted molar refractivity (Wildman–Crippen MR) is 133 cm³/mol. The van der Waals surface area contributed by atoms with Gasteiger partial charge in [0, 0.05) is 19.0 Å². The number of hydrogen-bond donors (Lipinski definition) is 0. The van der Waals surface area contributed by atoms with E-state index in [9.17, 15) is 4.79 Å². The van der Waals surface area contributed by atoms with Gasteiger partial charge in [0.1, 0.15) is 11.9 Å². The summed E-state index contributed by atoms with van der Waals surface area (Å²) in [6.07, 6.45) is 7.18. The molecule has 6 nitrogen and oxygen atoms in total. The highest BCUT2D eigenvalue weighted by Gasteiger charge is 2.55. The van der Waals surface area contributed by atoms with Crippen LogP contribution in [0.2, 0.25) is 0 Å². The molecule has 2 heterocycles. The van der Waals surface area contributed by atoms with Crippen molar-refractivity contribution in [3.05, 3.63) is 60.1 Å². The van der Waals surface area contributed by atoms with Crippen LogP contribution in [0.1, 0.15) is 50.4 Å². The molecule has 2 aromatic rings. The number of carbonyl (C=O) groups is 1. The molecule has 1 aliphatic heterocycles. The van der Waals surface area contributed by atoms with E-state index in [0.717, 1.165) is 30.6 Å². The SMILES string of the molecule is C=C1CCC[C@]2(C)C[C@H]3OC(=O)[C@@H](CN(Cc4ccc(OC)c(OC)c4)Cc4ccco4)[C@@H]3C[C@@H]12. The fourth-order valence-corrected chi connectivity index (χ4v) is 6.79. The quantitative estimate of drug-likeness (QED) is 0.362. The van der Waals surface area contributed by atoms with E-state index in [2.05, 4.69) is 18.4 Å². The highest BCUT2D eigenvalue weighted by Crippen LogP contribution is 2.57. The Morgan fingerprint density at radius 2 is 2.00 bits per heavy atom. The van der Waals surface area contributed by atoms with E-state index < -0.39 is 0 Å². The number of benzene rings is 1. The van der Waals surface area contributed by atoms with Crippen LogP contribution >= 0.6 is 0 Å². The van der Waals surface area contributed by atoms with Crippen molar-refractivity contribution in [2.75, 3.05) is 20.8 Å². The minimum absolute atomic E-state index is 0.0196. The fraction of sp³-hybridized carbons (Fsp3) is 0.552. The molecule has 188 valence electrons. The molecule has 0 radical (unpaired) electrons. The number of nitrogens with zero attached hydrogens (tertiary/aromatic N) is 1. The van der Waals surface area contributed by atoms with Gasteiger partial charge in [0.15, 0.2) is 11.5 Å². The van der Waals surface area contributed by atoms with Crippen molar-refractivity contribution in [1.82, 2.24) is 4.90 Å². The average molecular weight is 480 g/mol. The highest BCUT2D eigenvalue weighted by atomic mass is 16.6. The molecule has 35 heavy (non-hydrogen) atoms. The molecule has 5 rings (SSSR count). The molecule has 3 fully saturated rings. The summed E-state index contributed by atoms with van der Waals surface area (Å²) in [5, 5.41) is 0. The van der Waals surface area contributed by atoms with Gasteiger partial charge in [0.05, 0.1) is 32.9 Å². The number of allylic oxidation sites excluding steroid dienone is 1. The van der Waals surface area contributed by atoms with E-state index in [1.807, 2.05) is 30.3 Å². The third-order valence-corrected chi connectivity index (χ3v) is 8.59. The molecule has 0 amide bonds. The van der Waals surface area contributed by atoms with Crippen LogP contribution in [-0.2, 0) is 22.6 Å². The zero-order chi connectivity index (χ0) is 24.6. The second kappa shape index (κ2) is 9.73. The summed E-state index contributed by atoms with van der Waals surface area (Å²) in [4.78, 5) is 15.5. The monoisotopic (exact) mass is 479 g/mol. The molecule has 0 spiro atoms. The lowest BCUT2D eigenvalue weighted by molar-refractivity contribution is -0.146. The van der Waals surface area contributed by atoms with Gasteiger partial charge >= 0.3 is 5.97 Å². The molecule has 2 aliphatic carbocycles. The van der Waals surface area contributed by atoms with Crippen LogP contribution in [0.3, 0.4) is 0 Å². The number of methoxy groups -OCH3 is 2. The normalized spacial score (nSPS) is 30.1. The molecule has 2 saturated carbocycles. The number of furan rings is 1. The van der Waals surface area contributed by atoms with E-state index in [0.29, 0.717) is 37.1 Å². The lowest BCUT2D eigenvalue weighted by Gasteiger charge is -2.50.